The summed E-state index contributed by atoms with van der Waals surface area (Å²) < 4.78 is 71.8. The normalized spacial score (nSPS) is 21.8. The maximum atomic E-state index is 13.9. The maximum absolute atomic E-state index is 13.9. The summed E-state index contributed by atoms with van der Waals surface area (Å²) in [7, 11) is 0.821. The lowest BCUT2D eigenvalue weighted by Gasteiger charge is -2.32. The molecule has 2 aromatic carbocycles. The summed E-state index contributed by atoms with van der Waals surface area (Å²) in [5.41, 5.74) is -2.04. The number of halogens is 3. The van der Waals surface area contributed by atoms with Gasteiger partial charge in [-0.05, 0) is 119 Å². The predicted molar refractivity (Wildman–Crippen MR) is 191 cm³/mol. The molecule has 0 aliphatic carbocycles. The van der Waals surface area contributed by atoms with Crippen LogP contribution in [-0.4, -0.2) is 80.9 Å². The zero-order chi connectivity index (χ0) is 38.3. The quantitative estimate of drug-likeness (QED) is 0.252. The number of methoxy groups -OCH3 is 2. The first kappa shape index (κ1) is 42.1. The molecule has 0 N–H and O–H groups in total. The van der Waals surface area contributed by atoms with E-state index in [9.17, 15) is 18.4 Å². The molecule has 50 heavy (non-hydrogen) atoms. The number of carbonyl (C=O) groups excluding carboxylic acids is 2. The largest absolute Gasteiger partial charge is 0.494 e. The highest BCUT2D eigenvalue weighted by Crippen LogP contribution is 2.43. The summed E-state index contributed by atoms with van der Waals surface area (Å²) in [6, 6.07) is 8.39. The Hall–Kier alpha value is -2.33. The van der Waals surface area contributed by atoms with E-state index in [1.54, 1.807) is 12.1 Å². The highest BCUT2D eigenvalue weighted by molar-refractivity contribution is 9.10. The topological polar surface area (TPSA) is 108 Å². The van der Waals surface area contributed by atoms with Crippen molar-refractivity contribution < 1.29 is 55.8 Å². The molecule has 3 heterocycles. The summed E-state index contributed by atoms with van der Waals surface area (Å²) >= 11 is 3.08. The Bertz CT molecular complexity index is 1490. The van der Waals surface area contributed by atoms with Crippen molar-refractivity contribution in [3.63, 3.8) is 0 Å². The van der Waals surface area contributed by atoms with Crippen LogP contribution in [0, 0.1) is 11.6 Å². The average Bonchev–Trinajstić information content (AvgIpc) is 3.46. The van der Waals surface area contributed by atoms with Gasteiger partial charge in [0.25, 0.3) is 0 Å². The SMILES string of the molecule is CC1(C)OB(B2OC(C)(C)C(C)(C)O2)OC1(C)C.COC(=O)c1ccc(B2OC(C)(C)C(C)(C)O2)cc1F.COC(=O)c1ccc(Br)cc1F. The lowest BCUT2D eigenvalue weighted by atomic mass is 9.49. The first-order chi connectivity index (χ1) is 22.7. The van der Waals surface area contributed by atoms with Crippen molar-refractivity contribution >= 4 is 54.5 Å². The van der Waals surface area contributed by atoms with Crippen LogP contribution >= 0.6 is 15.9 Å². The molecule has 3 saturated heterocycles. The second-order valence-corrected chi connectivity index (χ2v) is 16.1. The molecule has 5 rings (SSSR count). The van der Waals surface area contributed by atoms with Gasteiger partial charge in [0.15, 0.2) is 0 Å². The third-order valence-corrected chi connectivity index (χ3v) is 10.5. The summed E-state index contributed by atoms with van der Waals surface area (Å²) in [4.78, 5) is 22.2. The Kier molecular flexibility index (Phi) is 12.6. The molecule has 0 unspecified atom stereocenters. The zero-order valence-electron chi connectivity index (χ0n) is 31.4. The summed E-state index contributed by atoms with van der Waals surface area (Å²) in [6.07, 6.45) is 0. The highest BCUT2D eigenvalue weighted by Gasteiger charge is 2.63. The lowest BCUT2D eigenvalue weighted by molar-refractivity contribution is 0.00578. The molecule has 0 amide bonds. The van der Waals surface area contributed by atoms with Crippen LogP contribution in [0.1, 0.15) is 104 Å². The Morgan fingerprint density at radius 3 is 1.20 bits per heavy atom. The minimum atomic E-state index is -0.706. The van der Waals surface area contributed by atoms with Crippen molar-refractivity contribution in [2.24, 2.45) is 0 Å². The molecule has 0 bridgehead atoms. The van der Waals surface area contributed by atoms with E-state index in [4.69, 9.17) is 27.9 Å². The van der Waals surface area contributed by atoms with Crippen molar-refractivity contribution in [2.45, 2.75) is 117 Å². The molecule has 3 fully saturated rings. The van der Waals surface area contributed by atoms with Gasteiger partial charge in [-0.1, -0.05) is 22.0 Å². The average molecular weight is 767 g/mol. The fraction of sp³-hybridized carbons (Fsp3) is 0.588. The number of rotatable bonds is 4. The van der Waals surface area contributed by atoms with Crippen molar-refractivity contribution in [1.29, 1.82) is 0 Å². The van der Waals surface area contributed by atoms with Crippen LogP contribution in [0.5, 0.6) is 0 Å². The summed E-state index contributed by atoms with van der Waals surface area (Å²) in [5.74, 6) is -2.61. The van der Waals surface area contributed by atoms with Gasteiger partial charge in [0.2, 0.25) is 0 Å². The molecule has 0 spiro atoms. The molecule has 16 heteroatoms. The molecule has 2 aromatic rings. The molecule has 274 valence electrons. The van der Waals surface area contributed by atoms with Crippen LogP contribution in [-0.2, 0) is 37.4 Å². The van der Waals surface area contributed by atoms with Gasteiger partial charge in [0.1, 0.15) is 11.6 Å². The monoisotopic (exact) mass is 766 g/mol. The van der Waals surface area contributed by atoms with E-state index >= 15 is 0 Å². The smallest absolute Gasteiger partial charge is 0.465 e. The van der Waals surface area contributed by atoms with Crippen molar-refractivity contribution in [1.82, 2.24) is 0 Å². The zero-order valence-corrected chi connectivity index (χ0v) is 33.0. The van der Waals surface area contributed by atoms with Crippen LogP contribution < -0.4 is 5.46 Å². The van der Waals surface area contributed by atoms with Gasteiger partial charge in [0.05, 0.1) is 59.0 Å². The molecular formula is C34H48B3BrF2O10. The Balaban J connectivity index is 0.000000209. The van der Waals surface area contributed by atoms with Crippen LogP contribution in [0.2, 0.25) is 0 Å². The van der Waals surface area contributed by atoms with Gasteiger partial charge in [-0.2, -0.15) is 0 Å². The Morgan fingerprint density at radius 2 is 0.880 bits per heavy atom. The van der Waals surface area contributed by atoms with Gasteiger partial charge in [0, 0.05) is 4.47 Å². The third-order valence-electron chi connectivity index (χ3n) is 10.0. The molecule has 3 aliphatic heterocycles. The molecule has 0 saturated carbocycles. The van der Waals surface area contributed by atoms with Gasteiger partial charge < -0.3 is 37.4 Å². The third kappa shape index (κ3) is 8.99. The second kappa shape index (κ2) is 15.0. The Labute approximate surface area is 304 Å². The van der Waals surface area contributed by atoms with Gasteiger partial charge in [-0.25, -0.2) is 18.4 Å². The number of ether oxygens (including phenoxy) is 2. The van der Waals surface area contributed by atoms with E-state index in [0.29, 0.717) is 9.94 Å². The van der Waals surface area contributed by atoms with Crippen LogP contribution in [0.3, 0.4) is 0 Å². The highest BCUT2D eigenvalue weighted by atomic mass is 79.9. The summed E-state index contributed by atoms with van der Waals surface area (Å²) in [5, 5.41) is 0. The van der Waals surface area contributed by atoms with Crippen LogP contribution in [0.4, 0.5) is 8.78 Å². The standard InChI is InChI=1S/C14H18BFO4.C12H24B2O4.C8H6BrFO2/c1-13(2)14(3,4)20-15(19-13)9-6-7-10(11(16)8-9)12(17)18-5;1-9(2)10(3,4)16-13(15-9)14-17-11(5,6)12(7,8)18-14;1-12-8(11)6-3-2-5(9)4-7(6)10/h6-8H,1-5H3;1-8H3;2-4H,1H3. The molecular weight excluding hydrogens is 719 g/mol. The molecule has 0 radical (unpaired) electrons. The number of hydrogen-bond donors (Lipinski definition) is 0. The fourth-order valence-electron chi connectivity index (χ4n) is 4.70. The number of hydrogen-bond acceptors (Lipinski definition) is 10. The van der Waals surface area contributed by atoms with Gasteiger partial charge in [-0.15, -0.1) is 0 Å². The number of carbonyl (C=O) groups is 2. The van der Waals surface area contributed by atoms with E-state index in [-0.39, 0.29) is 33.5 Å². The lowest BCUT2D eigenvalue weighted by Crippen LogP contribution is -2.41. The first-order valence-electron chi connectivity index (χ1n) is 16.2. The second-order valence-electron chi connectivity index (χ2n) is 15.2. The van der Waals surface area contributed by atoms with E-state index in [1.165, 1.54) is 38.5 Å². The minimum Gasteiger partial charge on any atom is -0.465 e. The molecule has 3 aliphatic rings. The predicted octanol–water partition coefficient (Wildman–Crippen LogP) is 6.54. The number of esters is 2. The minimum absolute atomic E-state index is 0.0549. The van der Waals surface area contributed by atoms with Crippen LogP contribution in [0.25, 0.3) is 0 Å². The summed E-state index contributed by atoms with van der Waals surface area (Å²) in [6.45, 7) is 23.9. The number of benzene rings is 2. The van der Waals surface area contributed by atoms with E-state index in [0.717, 1.165) is 0 Å². The molecule has 0 aromatic heterocycles. The van der Waals surface area contributed by atoms with Crippen molar-refractivity contribution in [3.05, 3.63) is 63.6 Å². The Morgan fingerprint density at radius 1 is 0.560 bits per heavy atom. The first-order valence-corrected chi connectivity index (χ1v) is 17.0. The van der Waals surface area contributed by atoms with E-state index in [2.05, 4.69) is 25.4 Å². The van der Waals surface area contributed by atoms with Gasteiger partial charge in [-0.3, -0.25) is 0 Å². The fourth-order valence-corrected chi connectivity index (χ4v) is 5.03. The van der Waals surface area contributed by atoms with E-state index < -0.39 is 55.9 Å². The van der Waals surface area contributed by atoms with Crippen LogP contribution in [0.15, 0.2) is 40.9 Å². The maximum Gasteiger partial charge on any atom is 0.494 e. The molecule has 10 nitrogen and oxygen atoms in total. The van der Waals surface area contributed by atoms with Crippen molar-refractivity contribution in [2.75, 3.05) is 14.2 Å². The van der Waals surface area contributed by atoms with Gasteiger partial charge >= 0.3 is 33.1 Å². The molecule has 0 atom stereocenters. The van der Waals surface area contributed by atoms with E-state index in [1.807, 2.05) is 83.1 Å². The van der Waals surface area contributed by atoms with Crippen molar-refractivity contribution in [3.8, 4) is 0 Å².